The largest absolute Gasteiger partial charge is 0.298 e. The van der Waals surface area contributed by atoms with Gasteiger partial charge in [-0.3, -0.25) is 4.79 Å². The number of benzene rings is 1. The Kier molecular flexibility index (Phi) is 3.66. The summed E-state index contributed by atoms with van der Waals surface area (Å²) in [5.74, 6) is 0. The van der Waals surface area contributed by atoms with Gasteiger partial charge in [0.2, 0.25) is 5.13 Å². The molecule has 0 bridgehead atoms. The minimum atomic E-state index is -0.00233. The highest BCUT2D eigenvalue weighted by Crippen LogP contribution is 2.27. The minimum Gasteiger partial charge on any atom is -0.298 e. The Balaban J connectivity index is 2.05. The molecule has 0 fully saturated rings. The van der Waals surface area contributed by atoms with Crippen molar-refractivity contribution in [2.45, 2.75) is 26.2 Å². The normalized spacial score (nSPS) is 11.6. The summed E-state index contributed by atoms with van der Waals surface area (Å²) >= 11 is 1.53. The number of aromatic nitrogens is 3. The first-order valence-electron chi connectivity index (χ1n) is 7.05. The average molecular weight is 311 g/mol. The van der Waals surface area contributed by atoms with Crippen molar-refractivity contribution in [3.63, 3.8) is 0 Å². The van der Waals surface area contributed by atoms with Gasteiger partial charge in [0.1, 0.15) is 5.69 Å². The molecule has 3 rings (SSSR count). The predicted octanol–water partition coefficient (Wildman–Crippen LogP) is 4.11. The highest BCUT2D eigenvalue weighted by atomic mass is 32.1. The van der Waals surface area contributed by atoms with E-state index in [1.54, 1.807) is 10.9 Å². The number of rotatable bonds is 3. The summed E-state index contributed by atoms with van der Waals surface area (Å²) in [6, 6.07) is 9.70. The second-order valence-electron chi connectivity index (χ2n) is 6.13. The van der Waals surface area contributed by atoms with Crippen molar-refractivity contribution in [3.8, 4) is 16.4 Å². The van der Waals surface area contributed by atoms with Gasteiger partial charge in [0.05, 0.1) is 11.3 Å². The molecule has 2 heterocycles. The van der Waals surface area contributed by atoms with E-state index in [-0.39, 0.29) is 5.41 Å². The highest BCUT2D eigenvalue weighted by Gasteiger charge is 2.19. The summed E-state index contributed by atoms with van der Waals surface area (Å²) in [7, 11) is 0. The van der Waals surface area contributed by atoms with Gasteiger partial charge in [-0.05, 0) is 0 Å². The molecule has 4 nitrogen and oxygen atoms in total. The maximum atomic E-state index is 11.3. The van der Waals surface area contributed by atoms with Crippen LogP contribution in [0.2, 0.25) is 0 Å². The first-order valence-corrected chi connectivity index (χ1v) is 7.93. The van der Waals surface area contributed by atoms with Gasteiger partial charge in [-0.2, -0.15) is 5.10 Å². The maximum absolute atomic E-state index is 11.3. The number of aldehydes is 1. The number of thiazole rings is 1. The third-order valence-electron chi connectivity index (χ3n) is 3.37. The molecular weight excluding hydrogens is 294 g/mol. The molecule has 0 N–H and O–H groups in total. The van der Waals surface area contributed by atoms with E-state index in [9.17, 15) is 4.79 Å². The van der Waals surface area contributed by atoms with Crippen molar-refractivity contribution >= 4 is 17.6 Å². The van der Waals surface area contributed by atoms with Crippen LogP contribution in [0, 0.1) is 0 Å². The second-order valence-corrected chi connectivity index (χ2v) is 6.96. The molecule has 0 aliphatic heterocycles. The third kappa shape index (κ3) is 2.72. The summed E-state index contributed by atoms with van der Waals surface area (Å²) in [4.78, 5) is 16.0. The molecule has 1 aromatic carbocycles. The van der Waals surface area contributed by atoms with Crippen LogP contribution in [0.1, 0.15) is 36.8 Å². The quantitative estimate of drug-likeness (QED) is 0.684. The molecule has 0 saturated heterocycles. The number of hydrogen-bond acceptors (Lipinski definition) is 4. The molecule has 112 valence electrons. The molecule has 0 spiro atoms. The van der Waals surface area contributed by atoms with E-state index in [4.69, 9.17) is 0 Å². The van der Waals surface area contributed by atoms with Gasteiger partial charge in [-0.15, -0.1) is 11.3 Å². The van der Waals surface area contributed by atoms with Crippen LogP contribution in [-0.4, -0.2) is 21.1 Å². The van der Waals surface area contributed by atoms with Gasteiger partial charge in [-0.1, -0.05) is 51.1 Å². The summed E-state index contributed by atoms with van der Waals surface area (Å²) < 4.78 is 1.69. The first kappa shape index (κ1) is 14.7. The van der Waals surface area contributed by atoms with Gasteiger partial charge >= 0.3 is 0 Å². The SMILES string of the molecule is CC(C)(C)c1csc(-n2cc(C=O)c(-c3ccccc3)n2)n1. The summed E-state index contributed by atoms with van der Waals surface area (Å²) in [6.45, 7) is 6.38. The smallest absolute Gasteiger partial charge is 0.210 e. The lowest BCUT2D eigenvalue weighted by Crippen LogP contribution is -2.11. The maximum Gasteiger partial charge on any atom is 0.210 e. The first-order chi connectivity index (χ1) is 10.5. The molecule has 3 aromatic rings. The molecular formula is C17H17N3OS. The van der Waals surface area contributed by atoms with Crippen molar-refractivity contribution < 1.29 is 4.79 Å². The van der Waals surface area contributed by atoms with Gasteiger partial charge in [-0.25, -0.2) is 9.67 Å². The van der Waals surface area contributed by atoms with Gasteiger partial charge in [0.25, 0.3) is 0 Å². The van der Waals surface area contributed by atoms with Gasteiger partial charge in [0.15, 0.2) is 6.29 Å². The van der Waals surface area contributed by atoms with E-state index in [0.717, 1.165) is 22.7 Å². The Morgan fingerprint density at radius 2 is 1.91 bits per heavy atom. The van der Waals surface area contributed by atoms with Crippen molar-refractivity contribution in [1.82, 2.24) is 14.8 Å². The Labute approximate surface area is 133 Å². The van der Waals surface area contributed by atoms with E-state index in [1.807, 2.05) is 35.7 Å². The molecule has 0 aliphatic carbocycles. The van der Waals surface area contributed by atoms with E-state index < -0.39 is 0 Å². The zero-order valence-corrected chi connectivity index (χ0v) is 13.6. The van der Waals surface area contributed by atoms with E-state index in [2.05, 4.69) is 30.9 Å². The molecule has 0 amide bonds. The minimum absolute atomic E-state index is 0.00233. The summed E-state index contributed by atoms with van der Waals surface area (Å²) in [6.07, 6.45) is 2.57. The van der Waals surface area contributed by atoms with Crippen LogP contribution in [0.3, 0.4) is 0 Å². The molecule has 0 saturated carbocycles. The van der Waals surface area contributed by atoms with Crippen molar-refractivity contribution in [1.29, 1.82) is 0 Å². The topological polar surface area (TPSA) is 47.8 Å². The average Bonchev–Trinajstić information content (AvgIpc) is 3.14. The molecule has 22 heavy (non-hydrogen) atoms. The third-order valence-corrected chi connectivity index (χ3v) is 4.20. The Hall–Kier alpha value is -2.27. The van der Waals surface area contributed by atoms with Crippen LogP contribution in [0.4, 0.5) is 0 Å². The molecule has 0 atom stereocenters. The van der Waals surface area contributed by atoms with Crippen molar-refractivity contribution in [2.75, 3.05) is 0 Å². The fraction of sp³-hybridized carbons (Fsp3) is 0.235. The van der Waals surface area contributed by atoms with Crippen LogP contribution in [-0.2, 0) is 5.41 Å². The van der Waals surface area contributed by atoms with Crippen LogP contribution in [0.15, 0.2) is 41.9 Å². The van der Waals surface area contributed by atoms with Crippen LogP contribution in [0.25, 0.3) is 16.4 Å². The standard InChI is InChI=1S/C17H17N3OS/c1-17(2,3)14-11-22-16(18-14)20-9-13(10-21)15(19-20)12-7-5-4-6-8-12/h4-11H,1-3H3. The zero-order valence-electron chi connectivity index (χ0n) is 12.8. The molecule has 0 unspecified atom stereocenters. The number of hydrogen-bond donors (Lipinski definition) is 0. The Bertz CT molecular complexity index is 797. The molecule has 0 aliphatic rings. The van der Waals surface area contributed by atoms with Crippen LogP contribution in [0.5, 0.6) is 0 Å². The Morgan fingerprint density at radius 1 is 1.18 bits per heavy atom. The lowest BCUT2D eigenvalue weighted by Gasteiger charge is -2.13. The lowest BCUT2D eigenvalue weighted by atomic mass is 9.93. The van der Waals surface area contributed by atoms with Crippen LogP contribution >= 0.6 is 11.3 Å². The predicted molar refractivity (Wildman–Crippen MR) is 88.8 cm³/mol. The van der Waals surface area contributed by atoms with Crippen molar-refractivity contribution in [2.24, 2.45) is 0 Å². The number of carbonyl (C=O) groups is 1. The van der Waals surface area contributed by atoms with Gasteiger partial charge < -0.3 is 0 Å². The van der Waals surface area contributed by atoms with E-state index >= 15 is 0 Å². The molecule has 2 aromatic heterocycles. The van der Waals surface area contributed by atoms with E-state index in [1.165, 1.54) is 11.3 Å². The highest BCUT2D eigenvalue weighted by molar-refractivity contribution is 7.12. The number of carbonyl (C=O) groups excluding carboxylic acids is 1. The zero-order chi connectivity index (χ0) is 15.7. The second kappa shape index (κ2) is 5.50. The molecule has 0 radical (unpaired) electrons. The summed E-state index contributed by atoms with van der Waals surface area (Å²) in [5, 5.41) is 7.37. The fourth-order valence-corrected chi connectivity index (χ4v) is 3.08. The van der Waals surface area contributed by atoms with Crippen molar-refractivity contribution in [3.05, 3.63) is 53.2 Å². The lowest BCUT2D eigenvalue weighted by molar-refractivity contribution is 0.112. The van der Waals surface area contributed by atoms with Gasteiger partial charge in [0, 0.05) is 22.6 Å². The Morgan fingerprint density at radius 3 is 2.50 bits per heavy atom. The van der Waals surface area contributed by atoms with Crippen LogP contribution < -0.4 is 0 Å². The number of nitrogens with zero attached hydrogens (tertiary/aromatic N) is 3. The molecule has 5 heteroatoms. The fourth-order valence-electron chi connectivity index (χ4n) is 2.11. The summed E-state index contributed by atoms with van der Waals surface area (Å²) in [5.41, 5.74) is 3.20. The monoisotopic (exact) mass is 311 g/mol. The van der Waals surface area contributed by atoms with E-state index in [0.29, 0.717) is 11.3 Å².